The molecule has 1 aliphatic carbocycles. The van der Waals surface area contributed by atoms with Crippen molar-refractivity contribution in [3.05, 3.63) is 22.7 Å². The van der Waals surface area contributed by atoms with E-state index in [0.717, 1.165) is 6.42 Å². The van der Waals surface area contributed by atoms with E-state index in [1.165, 1.54) is 13.2 Å². The van der Waals surface area contributed by atoms with Crippen molar-refractivity contribution in [2.24, 2.45) is 0 Å². The van der Waals surface area contributed by atoms with Crippen LogP contribution < -0.4 is 9.46 Å². The second-order valence-corrected chi connectivity index (χ2v) is 7.01. The Morgan fingerprint density at radius 3 is 2.63 bits per heavy atom. The summed E-state index contributed by atoms with van der Waals surface area (Å²) in [5.41, 5.74) is -0.966. The van der Waals surface area contributed by atoms with Crippen molar-refractivity contribution in [1.29, 1.82) is 5.26 Å². The number of halogens is 1. The van der Waals surface area contributed by atoms with E-state index in [0.29, 0.717) is 17.3 Å². The molecule has 0 aliphatic heterocycles. The quantitative estimate of drug-likeness (QED) is 0.907. The molecule has 1 aromatic carbocycles. The molecule has 0 saturated heterocycles. The van der Waals surface area contributed by atoms with Crippen molar-refractivity contribution < 1.29 is 13.2 Å². The van der Waals surface area contributed by atoms with Crippen molar-refractivity contribution in [3.63, 3.8) is 0 Å². The number of sulfonamides is 1. The lowest BCUT2D eigenvalue weighted by Crippen LogP contribution is -2.52. The number of ether oxygens (including phenoxy) is 1. The molecule has 0 atom stereocenters. The van der Waals surface area contributed by atoms with Crippen molar-refractivity contribution in [1.82, 2.24) is 4.72 Å². The van der Waals surface area contributed by atoms with Gasteiger partial charge in [0, 0.05) is 4.47 Å². The van der Waals surface area contributed by atoms with Crippen molar-refractivity contribution in [2.75, 3.05) is 7.11 Å². The Labute approximate surface area is 120 Å². The number of nitrogens with zero attached hydrogens (tertiary/aromatic N) is 1. The third-order valence-electron chi connectivity index (χ3n) is 3.17. The smallest absolute Gasteiger partial charge is 0.245 e. The van der Waals surface area contributed by atoms with E-state index in [2.05, 4.69) is 26.7 Å². The molecule has 19 heavy (non-hydrogen) atoms. The Morgan fingerprint density at radius 2 is 2.16 bits per heavy atom. The third kappa shape index (κ3) is 2.76. The summed E-state index contributed by atoms with van der Waals surface area (Å²) in [5.74, 6) is 0.253. The topological polar surface area (TPSA) is 79.2 Å². The first-order valence-corrected chi connectivity index (χ1v) is 7.99. The molecule has 0 bridgehead atoms. The maximum absolute atomic E-state index is 12.4. The van der Waals surface area contributed by atoms with Gasteiger partial charge in [0.2, 0.25) is 10.0 Å². The van der Waals surface area contributed by atoms with Gasteiger partial charge < -0.3 is 4.74 Å². The monoisotopic (exact) mass is 344 g/mol. The van der Waals surface area contributed by atoms with Gasteiger partial charge in [-0.2, -0.15) is 9.98 Å². The molecule has 7 heteroatoms. The van der Waals surface area contributed by atoms with Crippen LogP contribution in [0.15, 0.2) is 27.6 Å². The minimum Gasteiger partial charge on any atom is -0.495 e. The highest BCUT2D eigenvalue weighted by atomic mass is 79.9. The average Bonchev–Trinajstić information content (AvgIpc) is 2.34. The lowest BCUT2D eigenvalue weighted by molar-refractivity contribution is 0.295. The Morgan fingerprint density at radius 1 is 1.47 bits per heavy atom. The number of nitrogens with one attached hydrogen (secondary N) is 1. The number of hydrogen-bond donors (Lipinski definition) is 1. The standard InChI is InChI=1S/C12H13BrN2O3S/c1-18-10-4-3-9(13)7-11(10)19(16,17)15-12(8-14)5-2-6-12/h3-4,7,15H,2,5-6H2,1H3. The Kier molecular flexibility index (Phi) is 3.85. The van der Waals surface area contributed by atoms with Gasteiger partial charge in [0.25, 0.3) is 0 Å². The third-order valence-corrected chi connectivity index (χ3v) is 5.22. The van der Waals surface area contributed by atoms with Gasteiger partial charge >= 0.3 is 0 Å². The van der Waals surface area contributed by atoms with Gasteiger partial charge in [-0.25, -0.2) is 8.42 Å². The zero-order valence-electron chi connectivity index (χ0n) is 10.3. The second-order valence-electron chi connectivity index (χ2n) is 4.45. The van der Waals surface area contributed by atoms with Crippen LogP contribution in [0.2, 0.25) is 0 Å². The highest BCUT2D eigenvalue weighted by molar-refractivity contribution is 9.10. The van der Waals surface area contributed by atoms with Gasteiger partial charge in [0.15, 0.2) is 0 Å². The summed E-state index contributed by atoms with van der Waals surface area (Å²) in [5, 5.41) is 9.11. The maximum Gasteiger partial charge on any atom is 0.245 e. The van der Waals surface area contributed by atoms with E-state index in [4.69, 9.17) is 10.00 Å². The zero-order valence-corrected chi connectivity index (χ0v) is 12.7. The lowest BCUT2D eigenvalue weighted by atomic mass is 9.79. The Bertz CT molecular complexity index is 633. The van der Waals surface area contributed by atoms with Gasteiger partial charge in [-0.05, 0) is 37.5 Å². The van der Waals surface area contributed by atoms with Crippen molar-refractivity contribution in [2.45, 2.75) is 29.7 Å². The summed E-state index contributed by atoms with van der Waals surface area (Å²) in [6, 6.07) is 6.78. The SMILES string of the molecule is COc1ccc(Br)cc1S(=O)(=O)NC1(C#N)CCC1. The van der Waals surface area contributed by atoms with Crippen molar-refractivity contribution in [3.8, 4) is 11.8 Å². The van der Waals surface area contributed by atoms with Gasteiger partial charge in [0.05, 0.1) is 13.2 Å². The fraction of sp³-hybridized carbons (Fsp3) is 0.417. The lowest BCUT2D eigenvalue weighted by Gasteiger charge is -2.35. The molecule has 0 radical (unpaired) electrons. The average molecular weight is 345 g/mol. The minimum absolute atomic E-state index is 0.0332. The molecule has 2 rings (SSSR count). The molecule has 1 aromatic rings. The Hall–Kier alpha value is -1.10. The van der Waals surface area contributed by atoms with E-state index in [9.17, 15) is 8.42 Å². The van der Waals surface area contributed by atoms with E-state index in [1.807, 2.05) is 0 Å². The van der Waals surface area contributed by atoms with Crippen LogP contribution in [0, 0.1) is 11.3 Å². The number of rotatable bonds is 4. The van der Waals surface area contributed by atoms with Gasteiger partial charge in [0.1, 0.15) is 16.2 Å². The molecule has 0 aromatic heterocycles. The minimum atomic E-state index is -3.78. The predicted octanol–water partition coefficient (Wildman–Crippen LogP) is 2.18. The first kappa shape index (κ1) is 14.3. The van der Waals surface area contributed by atoms with Crippen LogP contribution in [0.4, 0.5) is 0 Å². The molecule has 5 nitrogen and oxygen atoms in total. The predicted molar refractivity (Wildman–Crippen MR) is 73.2 cm³/mol. The Balaban J connectivity index is 2.40. The maximum atomic E-state index is 12.4. The first-order valence-electron chi connectivity index (χ1n) is 5.71. The second kappa shape index (κ2) is 5.12. The fourth-order valence-corrected chi connectivity index (χ4v) is 4.02. The molecule has 0 heterocycles. The van der Waals surface area contributed by atoms with E-state index >= 15 is 0 Å². The van der Waals surface area contributed by atoms with Crippen LogP contribution in [-0.2, 0) is 10.0 Å². The number of methoxy groups -OCH3 is 1. The van der Waals surface area contributed by atoms with E-state index < -0.39 is 15.6 Å². The van der Waals surface area contributed by atoms with E-state index in [1.54, 1.807) is 12.1 Å². The van der Waals surface area contributed by atoms with Crippen LogP contribution in [0.25, 0.3) is 0 Å². The molecule has 1 fully saturated rings. The molecule has 1 saturated carbocycles. The van der Waals surface area contributed by atoms with Gasteiger partial charge in [-0.15, -0.1) is 0 Å². The number of benzene rings is 1. The molecule has 102 valence electrons. The zero-order chi connectivity index (χ0) is 14.1. The summed E-state index contributed by atoms with van der Waals surface area (Å²) >= 11 is 3.23. The summed E-state index contributed by atoms with van der Waals surface area (Å²) in [4.78, 5) is 0.0332. The van der Waals surface area contributed by atoms with Crippen molar-refractivity contribution >= 4 is 26.0 Å². The number of nitriles is 1. The van der Waals surface area contributed by atoms with Crippen LogP contribution in [0.3, 0.4) is 0 Å². The molecular formula is C12H13BrN2O3S. The van der Waals surface area contributed by atoms with Crippen LogP contribution in [0.5, 0.6) is 5.75 Å². The molecular weight excluding hydrogens is 332 g/mol. The molecule has 1 N–H and O–H groups in total. The summed E-state index contributed by atoms with van der Waals surface area (Å²) in [7, 11) is -2.38. The van der Waals surface area contributed by atoms with E-state index in [-0.39, 0.29) is 10.6 Å². The van der Waals surface area contributed by atoms with Gasteiger partial charge in [-0.3, -0.25) is 0 Å². The van der Waals surface area contributed by atoms with Crippen LogP contribution in [-0.4, -0.2) is 21.1 Å². The van der Waals surface area contributed by atoms with Crippen LogP contribution >= 0.6 is 15.9 Å². The largest absolute Gasteiger partial charge is 0.495 e. The number of hydrogen-bond acceptors (Lipinski definition) is 4. The summed E-state index contributed by atoms with van der Waals surface area (Å²) in [6.07, 6.45) is 1.93. The summed E-state index contributed by atoms with van der Waals surface area (Å²) in [6.45, 7) is 0. The molecule has 0 unspecified atom stereocenters. The van der Waals surface area contributed by atoms with Gasteiger partial charge in [-0.1, -0.05) is 15.9 Å². The highest BCUT2D eigenvalue weighted by Gasteiger charge is 2.41. The molecule has 0 spiro atoms. The normalized spacial score (nSPS) is 17.3. The first-order chi connectivity index (χ1) is 8.92. The molecule has 1 aliphatic rings. The van der Waals surface area contributed by atoms with Crippen LogP contribution in [0.1, 0.15) is 19.3 Å². The fourth-order valence-electron chi connectivity index (χ4n) is 1.94. The highest BCUT2D eigenvalue weighted by Crippen LogP contribution is 2.34. The summed E-state index contributed by atoms with van der Waals surface area (Å²) < 4.78 is 32.9. The molecule has 0 amide bonds.